The molecule has 7 heteroatoms. The summed E-state index contributed by atoms with van der Waals surface area (Å²) in [6, 6.07) is 15.5. The minimum atomic E-state index is 0.549. The molecule has 0 radical (unpaired) electrons. The highest BCUT2D eigenvalue weighted by molar-refractivity contribution is 7.99. The molecule has 4 aromatic rings. The number of benzene rings is 2. The van der Waals surface area contributed by atoms with Crippen LogP contribution in [0.15, 0.2) is 53.7 Å². The van der Waals surface area contributed by atoms with Crippen LogP contribution in [0.25, 0.3) is 16.6 Å². The molecule has 0 amide bonds. The van der Waals surface area contributed by atoms with Crippen molar-refractivity contribution in [3.8, 4) is 11.5 Å². The van der Waals surface area contributed by atoms with E-state index >= 15 is 0 Å². The summed E-state index contributed by atoms with van der Waals surface area (Å²) >= 11 is 7.58. The molecule has 138 valence electrons. The molecule has 5 nitrogen and oxygen atoms in total. The monoisotopic (exact) mass is 399 g/mol. The van der Waals surface area contributed by atoms with Crippen LogP contribution in [-0.2, 0) is 0 Å². The minimum absolute atomic E-state index is 0.549. The number of halogens is 1. The first kappa shape index (κ1) is 17.9. The molecule has 0 spiro atoms. The Balaban J connectivity index is 1.57. The number of hydrogen-bond donors (Lipinski definition) is 0. The smallest absolute Gasteiger partial charge is 0.196 e. The molecule has 0 unspecified atom stereocenters. The standard InChI is InChI=1S/C20H18ClN3O2S/c1-13-10-19-22-23-20(24(19)18-12-15(25-2)6-7-17(13)18)27-9-8-26-16-5-3-4-14(21)11-16/h3-7,10-12H,8-9H2,1-2H3. The lowest BCUT2D eigenvalue weighted by molar-refractivity contribution is 0.344. The van der Waals surface area contributed by atoms with Gasteiger partial charge in [0.15, 0.2) is 10.8 Å². The third-order valence-corrected chi connectivity index (χ3v) is 5.38. The minimum Gasteiger partial charge on any atom is -0.497 e. The van der Waals surface area contributed by atoms with Crippen LogP contribution in [0.5, 0.6) is 11.5 Å². The molecule has 2 heterocycles. The van der Waals surface area contributed by atoms with Crippen LogP contribution in [0, 0.1) is 6.92 Å². The van der Waals surface area contributed by atoms with Crippen LogP contribution >= 0.6 is 23.4 Å². The fraction of sp³-hybridized carbons (Fsp3) is 0.200. The second kappa shape index (κ2) is 7.66. The molecule has 27 heavy (non-hydrogen) atoms. The second-order valence-corrected chi connectivity index (χ2v) is 7.54. The highest BCUT2D eigenvalue weighted by Gasteiger charge is 2.12. The third-order valence-electron chi connectivity index (χ3n) is 4.25. The Morgan fingerprint density at radius 2 is 1.96 bits per heavy atom. The average Bonchev–Trinajstić information content (AvgIpc) is 3.08. The van der Waals surface area contributed by atoms with Gasteiger partial charge in [-0.15, -0.1) is 10.2 Å². The lowest BCUT2D eigenvalue weighted by Crippen LogP contribution is -2.01. The van der Waals surface area contributed by atoms with Gasteiger partial charge in [0.1, 0.15) is 11.5 Å². The van der Waals surface area contributed by atoms with Crippen molar-refractivity contribution in [1.29, 1.82) is 0 Å². The summed E-state index contributed by atoms with van der Waals surface area (Å²) < 4.78 is 13.2. The van der Waals surface area contributed by atoms with Gasteiger partial charge in [0.2, 0.25) is 0 Å². The van der Waals surface area contributed by atoms with Crippen LogP contribution in [-0.4, -0.2) is 34.1 Å². The van der Waals surface area contributed by atoms with Crippen LogP contribution in [0.3, 0.4) is 0 Å². The molecule has 4 rings (SSSR count). The van der Waals surface area contributed by atoms with Gasteiger partial charge in [0, 0.05) is 22.2 Å². The molecule has 0 aliphatic rings. The summed E-state index contributed by atoms with van der Waals surface area (Å²) in [5.74, 6) is 2.32. The molecule has 0 fully saturated rings. The van der Waals surface area contributed by atoms with E-state index in [9.17, 15) is 0 Å². The fourth-order valence-electron chi connectivity index (χ4n) is 2.97. The molecular weight excluding hydrogens is 382 g/mol. The van der Waals surface area contributed by atoms with Crippen molar-refractivity contribution in [2.24, 2.45) is 0 Å². The largest absolute Gasteiger partial charge is 0.497 e. The van der Waals surface area contributed by atoms with Crippen molar-refractivity contribution in [2.45, 2.75) is 12.1 Å². The first-order valence-electron chi connectivity index (χ1n) is 8.49. The van der Waals surface area contributed by atoms with Gasteiger partial charge in [0.25, 0.3) is 0 Å². The molecule has 2 aromatic heterocycles. The maximum atomic E-state index is 5.98. The van der Waals surface area contributed by atoms with E-state index in [1.165, 1.54) is 0 Å². The Bertz CT molecular complexity index is 1110. The fourth-order valence-corrected chi connectivity index (χ4v) is 3.92. The number of thioether (sulfide) groups is 1. The summed E-state index contributed by atoms with van der Waals surface area (Å²) in [5.41, 5.74) is 3.02. The van der Waals surface area contributed by atoms with E-state index in [1.54, 1.807) is 24.9 Å². The van der Waals surface area contributed by atoms with Gasteiger partial charge >= 0.3 is 0 Å². The van der Waals surface area contributed by atoms with E-state index in [0.717, 1.165) is 44.5 Å². The SMILES string of the molecule is COc1ccc2c(C)cc3nnc(SCCOc4cccc(Cl)c4)n3c2c1. The first-order chi connectivity index (χ1) is 13.2. The molecular formula is C20H18ClN3O2S. The number of aromatic nitrogens is 3. The number of ether oxygens (including phenoxy) is 2. The van der Waals surface area contributed by atoms with E-state index < -0.39 is 0 Å². The highest BCUT2D eigenvalue weighted by Crippen LogP contribution is 2.28. The Morgan fingerprint density at radius 1 is 1.07 bits per heavy atom. The van der Waals surface area contributed by atoms with E-state index in [0.29, 0.717) is 11.6 Å². The predicted molar refractivity (Wildman–Crippen MR) is 109 cm³/mol. The molecule has 0 saturated carbocycles. The summed E-state index contributed by atoms with van der Waals surface area (Å²) in [4.78, 5) is 0. The molecule has 0 aliphatic heterocycles. The maximum Gasteiger partial charge on any atom is 0.196 e. The van der Waals surface area contributed by atoms with E-state index in [1.807, 2.05) is 36.4 Å². The van der Waals surface area contributed by atoms with Gasteiger partial charge in [-0.3, -0.25) is 4.40 Å². The number of methoxy groups -OCH3 is 1. The molecule has 2 aromatic carbocycles. The normalized spacial score (nSPS) is 11.2. The van der Waals surface area contributed by atoms with Crippen molar-refractivity contribution in [1.82, 2.24) is 14.6 Å². The van der Waals surface area contributed by atoms with E-state index in [4.69, 9.17) is 21.1 Å². The zero-order chi connectivity index (χ0) is 18.8. The van der Waals surface area contributed by atoms with Crippen molar-refractivity contribution < 1.29 is 9.47 Å². The van der Waals surface area contributed by atoms with Crippen molar-refractivity contribution in [3.63, 3.8) is 0 Å². The summed E-state index contributed by atoms with van der Waals surface area (Å²) in [5, 5.41) is 11.3. The van der Waals surface area contributed by atoms with Gasteiger partial charge in [-0.05, 0) is 48.9 Å². The Kier molecular flexibility index (Phi) is 5.09. The molecule has 0 N–H and O–H groups in total. The van der Waals surface area contributed by atoms with Crippen molar-refractivity contribution >= 4 is 39.9 Å². The molecule has 0 saturated heterocycles. The zero-order valence-electron chi connectivity index (χ0n) is 15.0. The van der Waals surface area contributed by atoms with Crippen molar-refractivity contribution in [3.05, 3.63) is 59.1 Å². The Hall–Kier alpha value is -2.44. The second-order valence-electron chi connectivity index (χ2n) is 6.04. The van der Waals surface area contributed by atoms with E-state index in [2.05, 4.69) is 27.6 Å². The topological polar surface area (TPSA) is 48.7 Å². The predicted octanol–water partition coefficient (Wildman–Crippen LogP) is 5.02. The summed E-state index contributed by atoms with van der Waals surface area (Å²) in [6.45, 7) is 2.63. The van der Waals surface area contributed by atoms with Gasteiger partial charge in [-0.2, -0.15) is 0 Å². The zero-order valence-corrected chi connectivity index (χ0v) is 16.5. The lowest BCUT2D eigenvalue weighted by atomic mass is 10.1. The quantitative estimate of drug-likeness (QED) is 0.336. The van der Waals surface area contributed by atoms with E-state index in [-0.39, 0.29) is 0 Å². The molecule has 0 aliphatic carbocycles. The number of hydrogen-bond acceptors (Lipinski definition) is 5. The number of nitrogens with zero attached hydrogens (tertiary/aromatic N) is 3. The van der Waals surface area contributed by atoms with Crippen LogP contribution in [0.2, 0.25) is 5.02 Å². The molecule has 0 atom stereocenters. The van der Waals surface area contributed by atoms with Crippen molar-refractivity contribution in [2.75, 3.05) is 19.5 Å². The van der Waals surface area contributed by atoms with Gasteiger partial charge in [-0.25, -0.2) is 0 Å². The van der Waals surface area contributed by atoms with Crippen LogP contribution < -0.4 is 9.47 Å². The number of aryl methyl sites for hydroxylation is 1. The maximum absolute atomic E-state index is 5.98. The van der Waals surface area contributed by atoms with Crippen LogP contribution in [0.1, 0.15) is 5.56 Å². The summed E-state index contributed by atoms with van der Waals surface area (Å²) in [6.07, 6.45) is 0. The average molecular weight is 400 g/mol. The van der Waals surface area contributed by atoms with Crippen LogP contribution in [0.4, 0.5) is 0 Å². The first-order valence-corrected chi connectivity index (χ1v) is 9.86. The highest BCUT2D eigenvalue weighted by atomic mass is 35.5. The number of rotatable bonds is 6. The van der Waals surface area contributed by atoms with Gasteiger partial charge in [-0.1, -0.05) is 29.4 Å². The third kappa shape index (κ3) is 3.68. The summed E-state index contributed by atoms with van der Waals surface area (Å²) in [7, 11) is 1.67. The Labute approximate surface area is 166 Å². The number of pyridine rings is 1. The molecule has 0 bridgehead atoms. The lowest BCUT2D eigenvalue weighted by Gasteiger charge is -2.09. The number of fused-ring (bicyclic) bond motifs is 3. The Morgan fingerprint density at radius 3 is 2.78 bits per heavy atom. The van der Waals surface area contributed by atoms with Gasteiger partial charge in [0.05, 0.1) is 19.2 Å². The van der Waals surface area contributed by atoms with Gasteiger partial charge < -0.3 is 9.47 Å².